The highest BCUT2D eigenvalue weighted by molar-refractivity contribution is 6.36. The van der Waals surface area contributed by atoms with Crippen LogP contribution in [0.3, 0.4) is 0 Å². The topological polar surface area (TPSA) is 57.2 Å². The number of hydrogen-bond donors (Lipinski definition) is 2. The summed E-state index contributed by atoms with van der Waals surface area (Å²) >= 11 is 12.0. The number of benzene rings is 2. The molecular formula is C21H19Cl2N3O. The third kappa shape index (κ3) is 3.73. The number of aromatic nitrogens is 1. The maximum Gasteiger partial charge on any atom is 0.271 e. The Labute approximate surface area is 167 Å². The Hall–Kier alpha value is -2.30. The molecule has 1 amide bonds. The van der Waals surface area contributed by atoms with Crippen LogP contribution in [0.25, 0.3) is 10.9 Å². The van der Waals surface area contributed by atoms with Crippen LogP contribution in [-0.2, 0) is 12.8 Å². The molecule has 4 rings (SSSR count). The van der Waals surface area contributed by atoms with Gasteiger partial charge < -0.3 is 4.98 Å². The third-order valence-electron chi connectivity index (χ3n) is 5.03. The summed E-state index contributed by atoms with van der Waals surface area (Å²) in [5.41, 5.74) is 7.56. The van der Waals surface area contributed by atoms with Gasteiger partial charge in [0.05, 0.1) is 11.2 Å². The summed E-state index contributed by atoms with van der Waals surface area (Å²) in [4.78, 5) is 16.0. The van der Waals surface area contributed by atoms with Crippen molar-refractivity contribution in [2.75, 3.05) is 0 Å². The van der Waals surface area contributed by atoms with E-state index in [1.54, 1.807) is 18.2 Å². The van der Waals surface area contributed by atoms with Gasteiger partial charge in [-0.2, -0.15) is 5.10 Å². The van der Waals surface area contributed by atoms with Crippen LogP contribution >= 0.6 is 23.2 Å². The normalized spacial score (nSPS) is 16.6. The van der Waals surface area contributed by atoms with Gasteiger partial charge in [-0.1, -0.05) is 36.2 Å². The van der Waals surface area contributed by atoms with E-state index in [1.807, 2.05) is 18.2 Å². The lowest BCUT2D eigenvalue weighted by molar-refractivity contribution is 0.0955. The minimum atomic E-state index is -0.253. The molecule has 1 aromatic heterocycles. The predicted octanol–water partition coefficient (Wildman–Crippen LogP) is 5.36. The number of carbonyl (C=O) groups excluding carboxylic acids is 1. The molecule has 0 spiro atoms. The highest BCUT2D eigenvalue weighted by Gasteiger charge is 2.20. The summed E-state index contributed by atoms with van der Waals surface area (Å²) in [7, 11) is 0. The highest BCUT2D eigenvalue weighted by atomic mass is 35.5. The number of fused-ring (bicyclic) bond motifs is 3. The fourth-order valence-corrected chi connectivity index (χ4v) is 4.02. The Morgan fingerprint density at radius 1 is 1.26 bits per heavy atom. The quantitative estimate of drug-likeness (QED) is 0.451. The summed E-state index contributed by atoms with van der Waals surface area (Å²) in [5, 5.41) is 6.18. The molecule has 6 heteroatoms. The monoisotopic (exact) mass is 399 g/mol. The van der Waals surface area contributed by atoms with Crippen molar-refractivity contribution in [2.24, 2.45) is 11.0 Å². The van der Waals surface area contributed by atoms with Crippen LogP contribution in [0, 0.1) is 5.92 Å². The zero-order chi connectivity index (χ0) is 19.0. The molecule has 0 aliphatic heterocycles. The largest absolute Gasteiger partial charge is 0.358 e. The van der Waals surface area contributed by atoms with Gasteiger partial charge in [-0.15, -0.1) is 0 Å². The molecule has 0 fully saturated rings. The zero-order valence-electron chi connectivity index (χ0n) is 14.9. The first-order valence-electron chi connectivity index (χ1n) is 8.93. The zero-order valence-corrected chi connectivity index (χ0v) is 16.4. The Morgan fingerprint density at radius 2 is 2.11 bits per heavy atom. The maximum atomic E-state index is 12.5. The van der Waals surface area contributed by atoms with Crippen LogP contribution < -0.4 is 5.43 Å². The summed E-state index contributed by atoms with van der Waals surface area (Å²) in [5.74, 6) is 0.416. The van der Waals surface area contributed by atoms with E-state index in [4.69, 9.17) is 23.2 Å². The predicted molar refractivity (Wildman–Crippen MR) is 111 cm³/mol. The number of nitrogens with one attached hydrogen (secondary N) is 2. The van der Waals surface area contributed by atoms with E-state index in [0.717, 1.165) is 23.7 Å². The lowest BCUT2D eigenvalue weighted by atomic mass is 9.87. The van der Waals surface area contributed by atoms with Gasteiger partial charge in [-0.3, -0.25) is 4.79 Å². The number of hydrazone groups is 1. The number of amides is 1. The van der Waals surface area contributed by atoms with Crippen LogP contribution in [0.4, 0.5) is 0 Å². The van der Waals surface area contributed by atoms with Crippen molar-refractivity contribution >= 4 is 46.2 Å². The number of nitrogens with zero attached hydrogens (tertiary/aromatic N) is 1. The molecule has 2 aromatic carbocycles. The summed E-state index contributed by atoms with van der Waals surface area (Å²) in [6.45, 7) is 2.27. The van der Waals surface area contributed by atoms with Crippen LogP contribution in [0.15, 0.2) is 41.5 Å². The second kappa shape index (κ2) is 7.37. The van der Waals surface area contributed by atoms with E-state index in [9.17, 15) is 4.79 Å². The molecule has 1 aliphatic carbocycles. The van der Waals surface area contributed by atoms with E-state index >= 15 is 0 Å². The van der Waals surface area contributed by atoms with Crippen LogP contribution in [0.1, 0.15) is 40.5 Å². The molecule has 1 unspecified atom stereocenters. The molecule has 3 aromatic rings. The first-order chi connectivity index (χ1) is 13.0. The van der Waals surface area contributed by atoms with Gasteiger partial charge in [0.1, 0.15) is 0 Å². The number of halogens is 2. The molecule has 0 saturated carbocycles. The Kier molecular flexibility index (Phi) is 4.94. The van der Waals surface area contributed by atoms with Crippen molar-refractivity contribution in [3.63, 3.8) is 0 Å². The molecule has 0 radical (unpaired) electrons. The molecule has 1 aliphatic rings. The van der Waals surface area contributed by atoms with Gasteiger partial charge in [-0.25, -0.2) is 5.43 Å². The SMILES string of the molecule is CC1CCc2[nH]c3ccc(C(=O)N/N=C\c4ccc(Cl)cc4Cl)cc3c2C1. The average Bonchev–Trinajstić information content (AvgIpc) is 3.00. The molecule has 4 nitrogen and oxygen atoms in total. The third-order valence-corrected chi connectivity index (χ3v) is 5.59. The number of rotatable bonds is 3. The van der Waals surface area contributed by atoms with Crippen LogP contribution in [-0.4, -0.2) is 17.1 Å². The summed E-state index contributed by atoms with van der Waals surface area (Å²) < 4.78 is 0. The number of aromatic amines is 1. The van der Waals surface area contributed by atoms with Crippen LogP contribution in [0.2, 0.25) is 10.0 Å². The molecular weight excluding hydrogens is 381 g/mol. The van der Waals surface area contributed by atoms with Crippen LogP contribution in [0.5, 0.6) is 0 Å². The molecule has 1 atom stereocenters. The van der Waals surface area contributed by atoms with Crippen molar-refractivity contribution in [1.82, 2.24) is 10.4 Å². The van der Waals surface area contributed by atoms with E-state index < -0.39 is 0 Å². The Balaban J connectivity index is 1.54. The molecule has 2 N–H and O–H groups in total. The van der Waals surface area contributed by atoms with Gasteiger partial charge in [0.25, 0.3) is 5.91 Å². The molecule has 138 valence electrons. The fraction of sp³-hybridized carbons (Fsp3) is 0.238. The molecule has 27 heavy (non-hydrogen) atoms. The van der Waals surface area contributed by atoms with E-state index in [1.165, 1.54) is 23.9 Å². The standard InChI is InChI=1S/C21H19Cl2N3O/c1-12-2-6-19-16(8-12)17-9-13(4-7-20(17)25-19)21(27)26-24-11-14-3-5-15(22)10-18(14)23/h3-5,7,9-12,25H,2,6,8H2,1H3,(H,26,27)/b24-11-. The first-order valence-corrected chi connectivity index (χ1v) is 9.69. The molecule has 1 heterocycles. The van der Waals surface area contributed by atoms with Crippen molar-refractivity contribution in [3.05, 3.63) is 68.8 Å². The van der Waals surface area contributed by atoms with Crippen molar-refractivity contribution in [2.45, 2.75) is 26.2 Å². The van der Waals surface area contributed by atoms with E-state index in [-0.39, 0.29) is 5.91 Å². The minimum absolute atomic E-state index is 0.253. The van der Waals surface area contributed by atoms with Gasteiger partial charge in [0.2, 0.25) is 0 Å². The van der Waals surface area contributed by atoms with Gasteiger partial charge >= 0.3 is 0 Å². The minimum Gasteiger partial charge on any atom is -0.358 e. The Morgan fingerprint density at radius 3 is 2.93 bits per heavy atom. The van der Waals surface area contributed by atoms with Gasteiger partial charge in [0.15, 0.2) is 0 Å². The lowest BCUT2D eigenvalue weighted by Crippen LogP contribution is -2.17. The molecule has 0 bridgehead atoms. The number of H-pyrrole nitrogens is 1. The molecule has 0 saturated heterocycles. The second-order valence-corrected chi connectivity index (χ2v) is 7.90. The number of hydrogen-bond acceptors (Lipinski definition) is 2. The smallest absolute Gasteiger partial charge is 0.271 e. The second-order valence-electron chi connectivity index (χ2n) is 7.06. The van der Waals surface area contributed by atoms with E-state index in [2.05, 4.69) is 22.4 Å². The van der Waals surface area contributed by atoms with Gasteiger partial charge in [0, 0.05) is 32.7 Å². The number of aryl methyl sites for hydroxylation is 1. The van der Waals surface area contributed by atoms with Crippen molar-refractivity contribution < 1.29 is 4.79 Å². The lowest BCUT2D eigenvalue weighted by Gasteiger charge is -2.18. The van der Waals surface area contributed by atoms with E-state index in [0.29, 0.717) is 27.1 Å². The summed E-state index contributed by atoms with van der Waals surface area (Å²) in [6.07, 6.45) is 4.83. The fourth-order valence-electron chi connectivity index (χ4n) is 3.56. The Bertz CT molecular complexity index is 1060. The number of carbonyl (C=O) groups is 1. The van der Waals surface area contributed by atoms with Gasteiger partial charge in [-0.05, 0) is 61.1 Å². The van der Waals surface area contributed by atoms with Crippen molar-refractivity contribution in [3.8, 4) is 0 Å². The average molecular weight is 400 g/mol. The first kappa shape index (κ1) is 18.1. The maximum absolute atomic E-state index is 12.5. The highest BCUT2D eigenvalue weighted by Crippen LogP contribution is 2.32. The summed E-state index contributed by atoms with van der Waals surface area (Å²) in [6, 6.07) is 10.8. The van der Waals surface area contributed by atoms with Crippen molar-refractivity contribution in [1.29, 1.82) is 0 Å².